The number of halogens is 1. The molecule has 0 aliphatic heterocycles. The lowest BCUT2D eigenvalue weighted by Gasteiger charge is -2.22. The number of para-hydroxylation sites is 2. The van der Waals surface area contributed by atoms with E-state index in [0.717, 1.165) is 29.5 Å². The van der Waals surface area contributed by atoms with E-state index in [-0.39, 0.29) is 24.0 Å². The van der Waals surface area contributed by atoms with Gasteiger partial charge < -0.3 is 19.9 Å². The monoisotopic (exact) mass is 464 g/mol. The maximum Gasteiger partial charge on any atom is 0.193 e. The number of rotatable bonds is 6. The van der Waals surface area contributed by atoms with E-state index in [1.54, 1.807) is 7.05 Å². The van der Waals surface area contributed by atoms with Crippen LogP contribution in [0.3, 0.4) is 0 Å². The molecule has 138 valence electrons. The highest BCUT2D eigenvalue weighted by atomic mass is 127. The molecule has 0 spiro atoms. The van der Waals surface area contributed by atoms with Gasteiger partial charge in [-0.05, 0) is 29.7 Å². The Balaban J connectivity index is 0.00000243. The van der Waals surface area contributed by atoms with E-state index in [1.165, 1.54) is 5.39 Å². The SMILES string of the molecule is CN=C(NCc1cc2ccccc2[nH]1)N(C)CCOc1ccccc1.I. The Bertz CT molecular complexity index is 799. The molecule has 26 heavy (non-hydrogen) atoms. The normalized spacial score (nSPS) is 11.1. The van der Waals surface area contributed by atoms with Crippen molar-refractivity contribution >= 4 is 40.8 Å². The van der Waals surface area contributed by atoms with Gasteiger partial charge in [0.1, 0.15) is 12.4 Å². The minimum absolute atomic E-state index is 0. The van der Waals surface area contributed by atoms with Gasteiger partial charge in [0.25, 0.3) is 0 Å². The van der Waals surface area contributed by atoms with Crippen LogP contribution in [-0.4, -0.2) is 43.1 Å². The fraction of sp³-hybridized carbons (Fsp3) is 0.250. The van der Waals surface area contributed by atoms with Crippen molar-refractivity contribution in [2.75, 3.05) is 27.2 Å². The van der Waals surface area contributed by atoms with Crippen molar-refractivity contribution in [3.8, 4) is 5.75 Å². The number of aromatic nitrogens is 1. The smallest absolute Gasteiger partial charge is 0.193 e. The van der Waals surface area contributed by atoms with Gasteiger partial charge in [0.05, 0.1) is 13.1 Å². The van der Waals surface area contributed by atoms with Gasteiger partial charge in [0.2, 0.25) is 0 Å². The summed E-state index contributed by atoms with van der Waals surface area (Å²) in [5, 5.41) is 4.61. The number of nitrogens with zero attached hydrogens (tertiary/aromatic N) is 2. The maximum absolute atomic E-state index is 5.74. The standard InChI is InChI=1S/C20H24N4O.HI/c1-21-20(24(2)12-13-25-18-9-4-3-5-10-18)22-15-17-14-16-8-6-7-11-19(16)23-17;/h3-11,14,23H,12-13,15H2,1-2H3,(H,21,22);1H. The van der Waals surface area contributed by atoms with Crippen molar-refractivity contribution in [1.82, 2.24) is 15.2 Å². The summed E-state index contributed by atoms with van der Waals surface area (Å²) in [6.45, 7) is 2.06. The molecular formula is C20H25IN4O. The van der Waals surface area contributed by atoms with Gasteiger partial charge in [-0.3, -0.25) is 4.99 Å². The number of hydrogen-bond donors (Lipinski definition) is 2. The Hall–Kier alpha value is -2.22. The Morgan fingerprint density at radius 1 is 1.12 bits per heavy atom. The lowest BCUT2D eigenvalue weighted by atomic mass is 10.2. The molecule has 0 saturated heterocycles. The summed E-state index contributed by atoms with van der Waals surface area (Å²) in [6, 6.07) is 20.3. The first-order valence-electron chi connectivity index (χ1n) is 8.42. The van der Waals surface area contributed by atoms with Crippen molar-refractivity contribution in [3.05, 3.63) is 66.4 Å². The highest BCUT2D eigenvalue weighted by Gasteiger charge is 2.07. The zero-order valence-electron chi connectivity index (χ0n) is 15.1. The number of hydrogen-bond acceptors (Lipinski definition) is 2. The first-order chi connectivity index (χ1) is 12.3. The van der Waals surface area contributed by atoms with Gasteiger partial charge in [0, 0.05) is 25.3 Å². The predicted molar refractivity (Wildman–Crippen MR) is 118 cm³/mol. The van der Waals surface area contributed by atoms with Crippen LogP contribution in [0.15, 0.2) is 65.7 Å². The van der Waals surface area contributed by atoms with E-state index in [9.17, 15) is 0 Å². The summed E-state index contributed by atoms with van der Waals surface area (Å²) in [4.78, 5) is 9.82. The summed E-state index contributed by atoms with van der Waals surface area (Å²) in [5.74, 6) is 1.73. The number of guanidine groups is 1. The van der Waals surface area contributed by atoms with Crippen molar-refractivity contribution in [1.29, 1.82) is 0 Å². The Labute approximate surface area is 171 Å². The molecular weight excluding hydrogens is 439 g/mol. The highest BCUT2D eigenvalue weighted by Crippen LogP contribution is 2.14. The lowest BCUT2D eigenvalue weighted by Crippen LogP contribution is -2.40. The topological polar surface area (TPSA) is 52.7 Å². The molecule has 2 aromatic carbocycles. The summed E-state index contributed by atoms with van der Waals surface area (Å²) >= 11 is 0. The van der Waals surface area contributed by atoms with Crippen LogP contribution in [0.4, 0.5) is 0 Å². The van der Waals surface area contributed by atoms with Crippen LogP contribution >= 0.6 is 24.0 Å². The van der Waals surface area contributed by atoms with Crippen LogP contribution < -0.4 is 10.1 Å². The van der Waals surface area contributed by atoms with Crippen molar-refractivity contribution in [2.24, 2.45) is 4.99 Å². The zero-order valence-corrected chi connectivity index (χ0v) is 17.4. The second-order valence-electron chi connectivity index (χ2n) is 5.87. The molecule has 0 aliphatic rings. The minimum atomic E-state index is 0. The molecule has 1 heterocycles. The quantitative estimate of drug-likeness (QED) is 0.331. The first kappa shape index (κ1) is 20.1. The van der Waals surface area contributed by atoms with E-state index in [0.29, 0.717) is 13.2 Å². The van der Waals surface area contributed by atoms with Gasteiger partial charge in [-0.2, -0.15) is 0 Å². The molecule has 3 rings (SSSR count). The number of likely N-dealkylation sites (N-methyl/N-ethyl adjacent to an activating group) is 1. The molecule has 6 heteroatoms. The largest absolute Gasteiger partial charge is 0.492 e. The molecule has 0 saturated carbocycles. The number of nitrogens with one attached hydrogen (secondary N) is 2. The summed E-state index contributed by atoms with van der Waals surface area (Å²) in [5.41, 5.74) is 2.29. The number of benzene rings is 2. The van der Waals surface area contributed by atoms with Gasteiger partial charge in [-0.1, -0.05) is 36.4 Å². The number of H-pyrrole nitrogens is 1. The van der Waals surface area contributed by atoms with E-state index in [1.807, 2.05) is 49.5 Å². The molecule has 0 unspecified atom stereocenters. The number of ether oxygens (including phenoxy) is 1. The van der Waals surface area contributed by atoms with Crippen molar-refractivity contribution in [3.63, 3.8) is 0 Å². The van der Waals surface area contributed by atoms with E-state index in [2.05, 4.69) is 38.4 Å². The zero-order chi connectivity index (χ0) is 17.5. The fourth-order valence-corrected chi connectivity index (χ4v) is 2.71. The molecule has 0 bridgehead atoms. The van der Waals surface area contributed by atoms with Crippen LogP contribution in [0.1, 0.15) is 5.69 Å². The van der Waals surface area contributed by atoms with Crippen molar-refractivity contribution in [2.45, 2.75) is 6.54 Å². The third-order valence-electron chi connectivity index (χ3n) is 4.03. The van der Waals surface area contributed by atoms with Gasteiger partial charge in [-0.15, -0.1) is 24.0 Å². The maximum atomic E-state index is 5.74. The Morgan fingerprint density at radius 3 is 2.58 bits per heavy atom. The second kappa shape index (κ2) is 10.1. The minimum Gasteiger partial charge on any atom is -0.492 e. The molecule has 3 aromatic rings. The lowest BCUT2D eigenvalue weighted by molar-refractivity contribution is 0.281. The summed E-state index contributed by atoms with van der Waals surface area (Å²) in [6.07, 6.45) is 0. The van der Waals surface area contributed by atoms with E-state index in [4.69, 9.17) is 4.74 Å². The summed E-state index contributed by atoms with van der Waals surface area (Å²) in [7, 11) is 3.80. The predicted octanol–water partition coefficient (Wildman–Crippen LogP) is 3.87. The third-order valence-corrected chi connectivity index (χ3v) is 4.03. The number of aliphatic imine (C=N–C) groups is 1. The molecule has 2 N–H and O–H groups in total. The first-order valence-corrected chi connectivity index (χ1v) is 8.42. The van der Waals surface area contributed by atoms with Gasteiger partial charge in [-0.25, -0.2) is 0 Å². The van der Waals surface area contributed by atoms with Crippen LogP contribution in [-0.2, 0) is 6.54 Å². The van der Waals surface area contributed by atoms with Crippen LogP contribution in [0.5, 0.6) is 5.75 Å². The fourth-order valence-electron chi connectivity index (χ4n) is 2.71. The Kier molecular flexibility index (Phi) is 7.77. The Morgan fingerprint density at radius 2 is 1.85 bits per heavy atom. The van der Waals surface area contributed by atoms with Gasteiger partial charge in [0.15, 0.2) is 5.96 Å². The molecule has 0 atom stereocenters. The molecule has 5 nitrogen and oxygen atoms in total. The molecule has 0 fully saturated rings. The molecule has 0 aliphatic carbocycles. The second-order valence-corrected chi connectivity index (χ2v) is 5.87. The molecule has 1 aromatic heterocycles. The number of fused-ring (bicyclic) bond motifs is 1. The van der Waals surface area contributed by atoms with Crippen LogP contribution in [0, 0.1) is 0 Å². The molecule has 0 radical (unpaired) electrons. The van der Waals surface area contributed by atoms with Gasteiger partial charge >= 0.3 is 0 Å². The summed E-state index contributed by atoms with van der Waals surface area (Å²) < 4.78 is 5.74. The van der Waals surface area contributed by atoms with Crippen molar-refractivity contribution < 1.29 is 4.74 Å². The third kappa shape index (κ3) is 5.39. The van der Waals surface area contributed by atoms with Crippen LogP contribution in [0.25, 0.3) is 10.9 Å². The average Bonchev–Trinajstić information content (AvgIpc) is 3.06. The van der Waals surface area contributed by atoms with Crippen LogP contribution in [0.2, 0.25) is 0 Å². The molecule has 0 amide bonds. The average molecular weight is 464 g/mol. The highest BCUT2D eigenvalue weighted by molar-refractivity contribution is 14.0. The number of aromatic amines is 1. The van der Waals surface area contributed by atoms with E-state index < -0.39 is 0 Å². The van der Waals surface area contributed by atoms with E-state index >= 15 is 0 Å².